The van der Waals surface area contributed by atoms with Crippen LogP contribution in [0.5, 0.6) is 0 Å². The number of rotatable bonds is 4. The summed E-state index contributed by atoms with van der Waals surface area (Å²) in [7, 11) is 0. The average Bonchev–Trinajstić information content (AvgIpc) is 2.95. The molecule has 0 saturated heterocycles. The lowest BCUT2D eigenvalue weighted by atomic mass is 9.97. The van der Waals surface area contributed by atoms with E-state index in [2.05, 4.69) is 15.1 Å². The molecular formula is C20H23N5O2. The van der Waals surface area contributed by atoms with Crippen LogP contribution in [0.4, 0.5) is 5.82 Å². The van der Waals surface area contributed by atoms with E-state index >= 15 is 0 Å². The summed E-state index contributed by atoms with van der Waals surface area (Å²) in [6, 6.07) is 9.69. The Balaban J connectivity index is 1.81. The topological polar surface area (TPSA) is 95.9 Å². The summed E-state index contributed by atoms with van der Waals surface area (Å²) in [5, 5.41) is 4.61. The number of nitrogens with zero attached hydrogens (tertiary/aromatic N) is 4. The number of hydrogen-bond acceptors (Lipinski definition) is 6. The van der Waals surface area contributed by atoms with Gasteiger partial charge in [-0.3, -0.25) is 4.79 Å². The number of nitrogen functional groups attached to an aromatic ring is 1. The molecule has 0 atom stereocenters. The van der Waals surface area contributed by atoms with Crippen LogP contribution in [0.2, 0.25) is 0 Å². The zero-order valence-electron chi connectivity index (χ0n) is 15.9. The third-order valence-corrected chi connectivity index (χ3v) is 4.09. The fourth-order valence-electron chi connectivity index (χ4n) is 2.45. The van der Waals surface area contributed by atoms with Crippen molar-refractivity contribution in [1.82, 2.24) is 19.7 Å². The van der Waals surface area contributed by atoms with E-state index in [1.807, 2.05) is 37.3 Å². The molecule has 0 amide bonds. The second-order valence-electron chi connectivity index (χ2n) is 7.32. The van der Waals surface area contributed by atoms with Gasteiger partial charge in [-0.2, -0.15) is 5.10 Å². The first-order valence-electron chi connectivity index (χ1n) is 8.66. The van der Waals surface area contributed by atoms with Crippen LogP contribution in [0.15, 0.2) is 42.7 Å². The van der Waals surface area contributed by atoms with E-state index in [0.29, 0.717) is 11.6 Å². The molecule has 0 radical (unpaired) electrons. The van der Waals surface area contributed by atoms with Crippen LogP contribution in [-0.2, 0) is 16.1 Å². The summed E-state index contributed by atoms with van der Waals surface area (Å²) in [6.07, 6.45) is 3.33. The minimum atomic E-state index is -0.557. The van der Waals surface area contributed by atoms with Gasteiger partial charge in [0.25, 0.3) is 0 Å². The van der Waals surface area contributed by atoms with Gasteiger partial charge in [0.2, 0.25) is 0 Å². The summed E-state index contributed by atoms with van der Waals surface area (Å²) in [5.74, 6) is 0.712. The SMILES string of the molecule is Cc1c(-c2cnc(COC(=O)C(C)(C)C)nc2)nn(-c2ccccc2)c1N. The second-order valence-corrected chi connectivity index (χ2v) is 7.32. The van der Waals surface area contributed by atoms with Gasteiger partial charge in [0.1, 0.15) is 11.5 Å². The zero-order chi connectivity index (χ0) is 19.6. The van der Waals surface area contributed by atoms with E-state index in [-0.39, 0.29) is 12.6 Å². The second kappa shape index (κ2) is 7.19. The zero-order valence-corrected chi connectivity index (χ0v) is 15.9. The Labute approximate surface area is 158 Å². The molecule has 7 heteroatoms. The Morgan fingerprint density at radius 1 is 1.15 bits per heavy atom. The van der Waals surface area contributed by atoms with Crippen LogP contribution in [0.3, 0.4) is 0 Å². The molecule has 1 aromatic carbocycles. The van der Waals surface area contributed by atoms with E-state index in [9.17, 15) is 4.79 Å². The predicted molar refractivity (Wildman–Crippen MR) is 103 cm³/mol. The lowest BCUT2D eigenvalue weighted by Gasteiger charge is -2.15. The molecule has 0 bridgehead atoms. The molecule has 7 nitrogen and oxygen atoms in total. The number of esters is 1. The van der Waals surface area contributed by atoms with Crippen molar-refractivity contribution in [2.75, 3.05) is 5.73 Å². The highest BCUT2D eigenvalue weighted by atomic mass is 16.5. The molecule has 3 aromatic rings. The van der Waals surface area contributed by atoms with Crippen molar-refractivity contribution < 1.29 is 9.53 Å². The van der Waals surface area contributed by atoms with Crippen LogP contribution in [-0.4, -0.2) is 25.7 Å². The maximum Gasteiger partial charge on any atom is 0.311 e. The molecule has 2 heterocycles. The fourth-order valence-corrected chi connectivity index (χ4v) is 2.45. The molecule has 0 unspecified atom stereocenters. The number of benzene rings is 1. The number of para-hydroxylation sites is 1. The van der Waals surface area contributed by atoms with Crippen molar-refractivity contribution in [3.63, 3.8) is 0 Å². The van der Waals surface area contributed by atoms with Gasteiger partial charge in [0, 0.05) is 23.5 Å². The van der Waals surface area contributed by atoms with Crippen LogP contribution in [0, 0.1) is 12.3 Å². The average molecular weight is 365 g/mol. The number of carbonyl (C=O) groups excluding carboxylic acids is 1. The van der Waals surface area contributed by atoms with Gasteiger partial charge >= 0.3 is 5.97 Å². The largest absolute Gasteiger partial charge is 0.457 e. The van der Waals surface area contributed by atoms with Crippen LogP contribution >= 0.6 is 0 Å². The van der Waals surface area contributed by atoms with Crippen molar-refractivity contribution in [3.05, 3.63) is 54.1 Å². The summed E-state index contributed by atoms with van der Waals surface area (Å²) in [4.78, 5) is 20.4. The lowest BCUT2D eigenvalue weighted by molar-refractivity contribution is -0.154. The molecule has 2 aromatic heterocycles. The van der Waals surface area contributed by atoms with Gasteiger partial charge < -0.3 is 10.5 Å². The first-order valence-corrected chi connectivity index (χ1v) is 8.66. The first-order chi connectivity index (χ1) is 12.8. The van der Waals surface area contributed by atoms with Crippen LogP contribution in [0.1, 0.15) is 32.2 Å². The summed E-state index contributed by atoms with van der Waals surface area (Å²) in [6.45, 7) is 7.35. The van der Waals surface area contributed by atoms with Gasteiger partial charge in [0.15, 0.2) is 12.4 Å². The van der Waals surface area contributed by atoms with Crippen LogP contribution in [0.25, 0.3) is 16.9 Å². The van der Waals surface area contributed by atoms with Gasteiger partial charge in [0.05, 0.1) is 11.1 Å². The van der Waals surface area contributed by atoms with Crippen molar-refractivity contribution in [1.29, 1.82) is 0 Å². The highest BCUT2D eigenvalue weighted by Crippen LogP contribution is 2.27. The highest BCUT2D eigenvalue weighted by Gasteiger charge is 2.23. The molecule has 0 aliphatic heterocycles. The number of anilines is 1. The number of carbonyl (C=O) groups is 1. The van der Waals surface area contributed by atoms with Crippen molar-refractivity contribution >= 4 is 11.8 Å². The Bertz CT molecular complexity index is 941. The Morgan fingerprint density at radius 2 is 1.78 bits per heavy atom. The molecular weight excluding hydrogens is 342 g/mol. The minimum absolute atomic E-state index is 0.0377. The molecule has 0 fully saturated rings. The van der Waals surface area contributed by atoms with Crippen molar-refractivity contribution in [3.8, 4) is 16.9 Å². The molecule has 2 N–H and O–H groups in total. The number of nitrogens with two attached hydrogens (primary N) is 1. The maximum atomic E-state index is 11.8. The first kappa shape index (κ1) is 18.6. The molecule has 0 aliphatic carbocycles. The molecule has 0 aliphatic rings. The number of ether oxygens (including phenoxy) is 1. The fraction of sp³-hybridized carbons (Fsp3) is 0.300. The maximum absolute atomic E-state index is 11.8. The molecule has 3 rings (SSSR count). The minimum Gasteiger partial charge on any atom is -0.457 e. The Kier molecular flexibility index (Phi) is 4.94. The summed E-state index contributed by atoms with van der Waals surface area (Å²) >= 11 is 0. The smallest absolute Gasteiger partial charge is 0.311 e. The van der Waals surface area contributed by atoms with Crippen molar-refractivity contribution in [2.45, 2.75) is 34.3 Å². The van der Waals surface area contributed by atoms with Gasteiger partial charge in [-0.05, 0) is 39.8 Å². The van der Waals surface area contributed by atoms with Crippen LogP contribution < -0.4 is 5.73 Å². The third kappa shape index (κ3) is 3.97. The van der Waals surface area contributed by atoms with Gasteiger partial charge in [-0.1, -0.05) is 18.2 Å². The van der Waals surface area contributed by atoms with E-state index in [1.54, 1.807) is 37.8 Å². The van der Waals surface area contributed by atoms with Gasteiger partial charge in [-0.15, -0.1) is 0 Å². The van der Waals surface area contributed by atoms with E-state index in [1.165, 1.54) is 0 Å². The van der Waals surface area contributed by atoms with Gasteiger partial charge in [-0.25, -0.2) is 14.6 Å². The van der Waals surface area contributed by atoms with E-state index < -0.39 is 5.41 Å². The Morgan fingerprint density at radius 3 is 2.37 bits per heavy atom. The van der Waals surface area contributed by atoms with Crippen molar-refractivity contribution in [2.24, 2.45) is 5.41 Å². The third-order valence-electron chi connectivity index (χ3n) is 4.09. The molecule has 0 saturated carbocycles. The number of aromatic nitrogens is 4. The normalized spacial score (nSPS) is 11.4. The molecule has 27 heavy (non-hydrogen) atoms. The lowest BCUT2D eigenvalue weighted by Crippen LogP contribution is -2.23. The molecule has 0 spiro atoms. The van der Waals surface area contributed by atoms with E-state index in [0.717, 1.165) is 22.5 Å². The highest BCUT2D eigenvalue weighted by molar-refractivity contribution is 5.75. The van der Waals surface area contributed by atoms with E-state index in [4.69, 9.17) is 10.5 Å². The monoisotopic (exact) mass is 365 g/mol. The predicted octanol–water partition coefficient (Wildman–Crippen LogP) is 3.31. The Hall–Kier alpha value is -3.22. The quantitative estimate of drug-likeness (QED) is 0.713. The molecule has 140 valence electrons. The number of hydrogen-bond donors (Lipinski definition) is 1. The summed E-state index contributed by atoms with van der Waals surface area (Å²) in [5.41, 5.74) is 8.88. The summed E-state index contributed by atoms with van der Waals surface area (Å²) < 4.78 is 6.94. The standard InChI is InChI=1S/C20H23N5O2/c1-13-17(24-25(18(13)21)15-8-6-5-7-9-15)14-10-22-16(23-11-14)12-27-19(26)20(2,3)4/h5-11H,12,21H2,1-4H3.